The van der Waals surface area contributed by atoms with Crippen LogP contribution in [0.4, 0.5) is 10.5 Å². The molecule has 0 aromatic heterocycles. The average Bonchev–Trinajstić information content (AvgIpc) is 3.07. The molecule has 6 heteroatoms. The van der Waals surface area contributed by atoms with E-state index in [4.69, 9.17) is 0 Å². The highest BCUT2D eigenvalue weighted by molar-refractivity contribution is 5.97. The fraction of sp³-hybridized carbons (Fsp3) is 0.619. The highest BCUT2D eigenvalue weighted by atomic mass is 16.2. The molecular weight excluding hydrogens is 340 g/mol. The minimum atomic E-state index is -0.0709. The maximum absolute atomic E-state index is 12.4. The second kappa shape index (κ2) is 9.22. The van der Waals surface area contributed by atoms with Crippen LogP contribution in [0.3, 0.4) is 0 Å². The molecule has 2 aliphatic rings. The van der Waals surface area contributed by atoms with Crippen molar-refractivity contribution in [3.05, 3.63) is 29.3 Å². The number of rotatable bonds is 7. The van der Waals surface area contributed by atoms with Gasteiger partial charge in [-0.05, 0) is 75.4 Å². The van der Waals surface area contributed by atoms with Crippen LogP contribution in [0.5, 0.6) is 0 Å². The Bertz CT molecular complexity index is 676. The summed E-state index contributed by atoms with van der Waals surface area (Å²) in [6, 6.07) is 5.47. The van der Waals surface area contributed by atoms with Gasteiger partial charge in [-0.25, -0.2) is 4.79 Å². The van der Waals surface area contributed by atoms with Gasteiger partial charge in [-0.3, -0.25) is 9.69 Å². The number of carbonyl (C=O) groups is 2. The van der Waals surface area contributed by atoms with E-state index >= 15 is 0 Å². The first-order valence-electron chi connectivity index (χ1n) is 10.2. The van der Waals surface area contributed by atoms with Gasteiger partial charge in [0.05, 0.1) is 0 Å². The molecule has 0 spiro atoms. The number of piperidine rings is 1. The molecule has 2 aliphatic heterocycles. The normalized spacial score (nSPS) is 20.6. The number of amides is 3. The van der Waals surface area contributed by atoms with Gasteiger partial charge < -0.3 is 15.5 Å². The number of unbranched alkanes of at least 4 members (excludes halogenated alkanes) is 1. The Kier molecular flexibility index (Phi) is 6.72. The molecule has 148 valence electrons. The van der Waals surface area contributed by atoms with Gasteiger partial charge in [-0.15, -0.1) is 0 Å². The lowest BCUT2D eigenvalue weighted by atomic mass is 10.0. The van der Waals surface area contributed by atoms with Gasteiger partial charge >= 0.3 is 6.03 Å². The smallest absolute Gasteiger partial charge is 0.322 e. The lowest BCUT2D eigenvalue weighted by Crippen LogP contribution is -2.35. The third-order valence-electron chi connectivity index (χ3n) is 5.53. The predicted molar refractivity (Wildman–Crippen MR) is 108 cm³/mol. The zero-order valence-electron chi connectivity index (χ0n) is 16.6. The Labute approximate surface area is 162 Å². The quantitative estimate of drug-likeness (QED) is 0.724. The van der Waals surface area contributed by atoms with Crippen LogP contribution in [0.25, 0.3) is 0 Å². The van der Waals surface area contributed by atoms with Gasteiger partial charge in [0.25, 0.3) is 5.91 Å². The lowest BCUT2D eigenvalue weighted by Gasteiger charge is -2.30. The predicted octanol–water partition coefficient (Wildman–Crippen LogP) is 2.77. The molecule has 2 heterocycles. The van der Waals surface area contributed by atoms with Crippen LogP contribution in [-0.2, 0) is 0 Å². The number of anilines is 1. The van der Waals surface area contributed by atoms with Crippen LogP contribution in [0.2, 0.25) is 0 Å². The molecular formula is C21H32N4O2. The number of carbonyl (C=O) groups excluding carboxylic acids is 2. The zero-order chi connectivity index (χ0) is 19.2. The standard InChI is InChI=1S/C21H32N4O2/c1-16-6-5-12-24(15-16)11-4-3-9-22-20(26)18-7-8-19(17(2)14-18)25-13-10-23-21(25)27/h7-8,14,16H,3-6,9-13,15H2,1-2H3,(H,22,26)(H,23,27). The number of nitrogens with zero attached hydrogens (tertiary/aromatic N) is 2. The number of benzene rings is 1. The van der Waals surface area contributed by atoms with Crippen molar-refractivity contribution >= 4 is 17.6 Å². The van der Waals surface area contributed by atoms with Crippen molar-refractivity contribution in [1.29, 1.82) is 0 Å². The van der Waals surface area contributed by atoms with E-state index in [1.165, 1.54) is 25.9 Å². The van der Waals surface area contributed by atoms with E-state index in [0.717, 1.165) is 36.6 Å². The first-order valence-corrected chi connectivity index (χ1v) is 10.2. The molecule has 1 aromatic rings. The first kappa shape index (κ1) is 19.7. The molecule has 0 aliphatic carbocycles. The van der Waals surface area contributed by atoms with Gasteiger partial charge in [0.1, 0.15) is 0 Å². The molecule has 0 bridgehead atoms. The van der Waals surface area contributed by atoms with Crippen LogP contribution in [0, 0.1) is 12.8 Å². The van der Waals surface area contributed by atoms with Crippen LogP contribution in [0.15, 0.2) is 18.2 Å². The second-order valence-electron chi connectivity index (χ2n) is 7.90. The van der Waals surface area contributed by atoms with Gasteiger partial charge in [0, 0.05) is 37.4 Å². The summed E-state index contributed by atoms with van der Waals surface area (Å²) in [4.78, 5) is 28.5. The number of aryl methyl sites for hydroxylation is 1. The average molecular weight is 373 g/mol. The molecule has 2 fully saturated rings. The first-order chi connectivity index (χ1) is 13.0. The number of hydrogen-bond donors (Lipinski definition) is 2. The van der Waals surface area contributed by atoms with Gasteiger partial charge in [0.15, 0.2) is 0 Å². The van der Waals surface area contributed by atoms with Gasteiger partial charge in [-0.2, -0.15) is 0 Å². The summed E-state index contributed by atoms with van der Waals surface area (Å²) < 4.78 is 0. The van der Waals surface area contributed by atoms with Crippen LogP contribution in [-0.4, -0.2) is 56.1 Å². The van der Waals surface area contributed by atoms with Crippen molar-refractivity contribution in [2.45, 2.75) is 39.5 Å². The van der Waals surface area contributed by atoms with E-state index in [-0.39, 0.29) is 11.9 Å². The van der Waals surface area contributed by atoms with E-state index in [2.05, 4.69) is 22.5 Å². The highest BCUT2D eigenvalue weighted by Crippen LogP contribution is 2.23. The molecule has 1 unspecified atom stereocenters. The maximum Gasteiger partial charge on any atom is 0.322 e. The SMILES string of the molecule is Cc1cc(C(=O)NCCCCN2CCCC(C)C2)ccc1N1CCNC1=O. The minimum Gasteiger partial charge on any atom is -0.352 e. The molecule has 2 saturated heterocycles. The highest BCUT2D eigenvalue weighted by Gasteiger charge is 2.23. The Morgan fingerprint density at radius 1 is 1.30 bits per heavy atom. The molecule has 1 aromatic carbocycles. The molecule has 0 radical (unpaired) electrons. The third-order valence-corrected chi connectivity index (χ3v) is 5.53. The topological polar surface area (TPSA) is 64.7 Å². The number of likely N-dealkylation sites (tertiary alicyclic amines) is 1. The van der Waals surface area contributed by atoms with Crippen LogP contribution in [0.1, 0.15) is 48.5 Å². The molecule has 3 amide bonds. The summed E-state index contributed by atoms with van der Waals surface area (Å²) in [5.74, 6) is 0.776. The van der Waals surface area contributed by atoms with Crippen molar-refractivity contribution in [1.82, 2.24) is 15.5 Å². The maximum atomic E-state index is 12.4. The second-order valence-corrected chi connectivity index (χ2v) is 7.90. The Morgan fingerprint density at radius 3 is 2.85 bits per heavy atom. The summed E-state index contributed by atoms with van der Waals surface area (Å²) in [5.41, 5.74) is 2.47. The fourth-order valence-corrected chi connectivity index (χ4v) is 4.06. The summed E-state index contributed by atoms with van der Waals surface area (Å²) >= 11 is 0. The molecule has 6 nitrogen and oxygen atoms in total. The van der Waals surface area contributed by atoms with E-state index in [1.807, 2.05) is 19.1 Å². The summed E-state index contributed by atoms with van der Waals surface area (Å²) in [6.45, 7) is 9.87. The summed E-state index contributed by atoms with van der Waals surface area (Å²) in [5, 5.41) is 5.82. The Balaban J connectivity index is 1.41. The lowest BCUT2D eigenvalue weighted by molar-refractivity contribution is 0.0952. The van der Waals surface area contributed by atoms with Gasteiger partial charge in [-0.1, -0.05) is 6.92 Å². The van der Waals surface area contributed by atoms with Crippen molar-refractivity contribution < 1.29 is 9.59 Å². The van der Waals surface area contributed by atoms with Crippen molar-refractivity contribution in [2.75, 3.05) is 44.2 Å². The summed E-state index contributed by atoms with van der Waals surface area (Å²) in [6.07, 6.45) is 4.79. The van der Waals surface area contributed by atoms with E-state index < -0.39 is 0 Å². The van der Waals surface area contributed by atoms with Gasteiger partial charge in [0.2, 0.25) is 0 Å². The molecule has 1 atom stereocenters. The third kappa shape index (κ3) is 5.22. The van der Waals surface area contributed by atoms with Crippen LogP contribution >= 0.6 is 0 Å². The van der Waals surface area contributed by atoms with Crippen molar-refractivity contribution in [2.24, 2.45) is 5.92 Å². The zero-order valence-corrected chi connectivity index (χ0v) is 16.6. The molecule has 3 rings (SSSR count). The number of hydrogen-bond acceptors (Lipinski definition) is 3. The van der Waals surface area contributed by atoms with Crippen molar-refractivity contribution in [3.63, 3.8) is 0 Å². The molecule has 27 heavy (non-hydrogen) atoms. The molecule has 2 N–H and O–H groups in total. The van der Waals surface area contributed by atoms with Crippen LogP contribution < -0.4 is 15.5 Å². The summed E-state index contributed by atoms with van der Waals surface area (Å²) in [7, 11) is 0. The monoisotopic (exact) mass is 372 g/mol. The number of nitrogens with one attached hydrogen (secondary N) is 2. The van der Waals surface area contributed by atoms with Crippen molar-refractivity contribution in [3.8, 4) is 0 Å². The van der Waals surface area contributed by atoms with E-state index in [0.29, 0.717) is 25.2 Å². The Hall–Kier alpha value is -2.08. The van der Waals surface area contributed by atoms with E-state index in [9.17, 15) is 9.59 Å². The minimum absolute atomic E-state index is 0.0397. The fourth-order valence-electron chi connectivity index (χ4n) is 4.06. The Morgan fingerprint density at radius 2 is 2.15 bits per heavy atom. The molecule has 0 saturated carbocycles. The van der Waals surface area contributed by atoms with E-state index in [1.54, 1.807) is 11.0 Å². The largest absolute Gasteiger partial charge is 0.352 e. The number of urea groups is 1.